The van der Waals surface area contributed by atoms with Crippen molar-refractivity contribution in [2.45, 2.75) is 19.4 Å². The van der Waals surface area contributed by atoms with Crippen molar-refractivity contribution in [3.05, 3.63) is 41.0 Å². The summed E-state index contributed by atoms with van der Waals surface area (Å²) < 4.78 is 0. The fourth-order valence-corrected chi connectivity index (χ4v) is 2.08. The number of aliphatic hydroxyl groups excluding tert-OH is 1. The summed E-state index contributed by atoms with van der Waals surface area (Å²) in [6.07, 6.45) is 0. The largest absolute Gasteiger partial charge is 0.394 e. The second-order valence-corrected chi connectivity index (χ2v) is 5.73. The Bertz CT molecular complexity index is 655. The van der Waals surface area contributed by atoms with E-state index in [1.807, 2.05) is 24.3 Å². The topological polar surface area (TPSA) is 53.4 Å². The van der Waals surface area contributed by atoms with E-state index in [1.54, 1.807) is 27.0 Å². The van der Waals surface area contributed by atoms with Crippen LogP contribution in [0.3, 0.4) is 0 Å². The van der Waals surface area contributed by atoms with Crippen LogP contribution in [0.2, 0.25) is 5.15 Å². The zero-order valence-electron chi connectivity index (χ0n) is 11.7. The molecule has 0 atom stereocenters. The maximum absolute atomic E-state index is 12.6. The van der Waals surface area contributed by atoms with E-state index in [4.69, 9.17) is 11.6 Å². The lowest BCUT2D eigenvalue weighted by Gasteiger charge is -2.34. The number of carbonyl (C=O) groups excluding carboxylic acids is 1. The van der Waals surface area contributed by atoms with Crippen molar-refractivity contribution in [2.75, 3.05) is 13.7 Å². The van der Waals surface area contributed by atoms with Gasteiger partial charge in [0.25, 0.3) is 5.91 Å². The Morgan fingerprint density at radius 1 is 1.40 bits per heavy atom. The second-order valence-electron chi connectivity index (χ2n) is 5.34. The third-order valence-corrected chi connectivity index (χ3v) is 3.71. The maximum atomic E-state index is 12.6. The van der Waals surface area contributed by atoms with E-state index in [1.165, 1.54) is 4.90 Å². The minimum absolute atomic E-state index is 0.119. The molecule has 0 radical (unpaired) electrons. The zero-order chi connectivity index (χ0) is 14.9. The molecule has 0 aliphatic heterocycles. The molecule has 2 aromatic rings. The van der Waals surface area contributed by atoms with Gasteiger partial charge in [0, 0.05) is 12.4 Å². The van der Waals surface area contributed by atoms with E-state index < -0.39 is 5.54 Å². The number of likely N-dealkylation sites (N-methyl/N-ethyl adjacent to an activating group) is 1. The van der Waals surface area contributed by atoms with Gasteiger partial charge in [-0.25, -0.2) is 4.98 Å². The number of nitrogens with zero attached hydrogens (tertiary/aromatic N) is 2. The van der Waals surface area contributed by atoms with Crippen LogP contribution >= 0.6 is 11.6 Å². The number of pyridine rings is 1. The van der Waals surface area contributed by atoms with Gasteiger partial charge < -0.3 is 10.0 Å². The van der Waals surface area contributed by atoms with Gasteiger partial charge in [0.1, 0.15) is 5.15 Å². The maximum Gasteiger partial charge on any atom is 0.254 e. The Morgan fingerprint density at radius 2 is 2.05 bits per heavy atom. The molecule has 0 unspecified atom stereocenters. The fraction of sp³-hybridized carbons (Fsp3) is 0.333. The lowest BCUT2D eigenvalue weighted by molar-refractivity contribution is 0.0475. The van der Waals surface area contributed by atoms with Gasteiger partial charge in [-0.15, -0.1) is 0 Å². The van der Waals surface area contributed by atoms with Crippen molar-refractivity contribution in [3.8, 4) is 0 Å². The fourth-order valence-electron chi connectivity index (χ4n) is 1.88. The summed E-state index contributed by atoms with van der Waals surface area (Å²) in [6, 6.07) is 8.92. The predicted octanol–water partition coefficient (Wildman–Crippen LogP) is 2.73. The number of aromatic nitrogens is 1. The lowest BCUT2D eigenvalue weighted by Crippen LogP contribution is -2.47. The van der Waals surface area contributed by atoms with Gasteiger partial charge >= 0.3 is 0 Å². The number of hydrogen-bond acceptors (Lipinski definition) is 3. The average Bonchev–Trinajstić information content (AvgIpc) is 2.44. The van der Waals surface area contributed by atoms with Crippen molar-refractivity contribution in [2.24, 2.45) is 0 Å². The second kappa shape index (κ2) is 5.38. The van der Waals surface area contributed by atoms with Gasteiger partial charge in [0.05, 0.1) is 23.2 Å². The van der Waals surface area contributed by atoms with Crippen molar-refractivity contribution >= 4 is 28.4 Å². The van der Waals surface area contributed by atoms with Crippen LogP contribution in [0.4, 0.5) is 0 Å². The number of aliphatic hydroxyl groups is 1. The molecule has 2 rings (SSSR count). The molecule has 20 heavy (non-hydrogen) atoms. The van der Waals surface area contributed by atoms with Crippen molar-refractivity contribution in [3.63, 3.8) is 0 Å². The summed E-state index contributed by atoms with van der Waals surface area (Å²) >= 11 is 5.99. The monoisotopic (exact) mass is 292 g/mol. The molecule has 0 fully saturated rings. The molecule has 1 N–H and O–H groups in total. The van der Waals surface area contributed by atoms with Gasteiger partial charge in [-0.1, -0.05) is 29.8 Å². The number of para-hydroxylation sites is 1. The normalized spacial score (nSPS) is 11.7. The van der Waals surface area contributed by atoms with Crippen LogP contribution in [0.1, 0.15) is 24.2 Å². The first-order valence-corrected chi connectivity index (χ1v) is 6.69. The van der Waals surface area contributed by atoms with E-state index in [-0.39, 0.29) is 17.7 Å². The van der Waals surface area contributed by atoms with Gasteiger partial charge in [0.15, 0.2) is 0 Å². The SMILES string of the molecule is CN(C(=O)c1cc(Cl)nc2ccccc12)C(C)(C)CO. The predicted molar refractivity (Wildman–Crippen MR) is 80.0 cm³/mol. The highest BCUT2D eigenvalue weighted by molar-refractivity contribution is 6.30. The van der Waals surface area contributed by atoms with Crippen LogP contribution in [0.15, 0.2) is 30.3 Å². The first-order valence-electron chi connectivity index (χ1n) is 6.31. The molecular formula is C15H17ClN2O2. The molecular weight excluding hydrogens is 276 g/mol. The molecule has 0 aliphatic rings. The molecule has 1 heterocycles. The lowest BCUT2D eigenvalue weighted by atomic mass is 10.0. The van der Waals surface area contributed by atoms with Crippen LogP contribution in [-0.2, 0) is 0 Å². The molecule has 0 saturated heterocycles. The Hall–Kier alpha value is -1.65. The number of benzene rings is 1. The zero-order valence-corrected chi connectivity index (χ0v) is 12.5. The number of rotatable bonds is 3. The summed E-state index contributed by atoms with van der Waals surface area (Å²) in [7, 11) is 1.67. The Balaban J connectivity index is 2.55. The van der Waals surface area contributed by atoms with Gasteiger partial charge in [0.2, 0.25) is 0 Å². The Morgan fingerprint density at radius 3 is 2.70 bits per heavy atom. The summed E-state index contributed by atoms with van der Waals surface area (Å²) in [5.41, 5.74) is 0.525. The van der Waals surface area contributed by atoms with Crippen molar-refractivity contribution in [1.29, 1.82) is 0 Å². The van der Waals surface area contributed by atoms with Crippen LogP contribution < -0.4 is 0 Å². The number of fused-ring (bicyclic) bond motifs is 1. The average molecular weight is 293 g/mol. The highest BCUT2D eigenvalue weighted by atomic mass is 35.5. The van der Waals surface area contributed by atoms with Crippen LogP contribution in [0, 0.1) is 0 Å². The molecule has 5 heteroatoms. The van der Waals surface area contributed by atoms with Gasteiger partial charge in [-0.2, -0.15) is 0 Å². The van der Waals surface area contributed by atoms with Crippen LogP contribution in [0.25, 0.3) is 10.9 Å². The number of hydrogen-bond donors (Lipinski definition) is 1. The van der Waals surface area contributed by atoms with E-state index in [9.17, 15) is 9.90 Å². The standard InChI is InChI=1S/C15H17ClN2O2/c1-15(2,9-19)18(3)14(20)11-8-13(16)17-12-7-5-4-6-10(11)12/h4-8,19H,9H2,1-3H3. The molecule has 0 bridgehead atoms. The van der Waals surface area contributed by atoms with E-state index in [0.717, 1.165) is 5.39 Å². The Kier molecular flexibility index (Phi) is 3.97. The van der Waals surface area contributed by atoms with Gasteiger partial charge in [-0.3, -0.25) is 4.79 Å². The highest BCUT2D eigenvalue weighted by Crippen LogP contribution is 2.24. The third kappa shape index (κ3) is 2.62. The third-order valence-electron chi connectivity index (χ3n) is 3.51. The highest BCUT2D eigenvalue weighted by Gasteiger charge is 2.28. The summed E-state index contributed by atoms with van der Waals surface area (Å²) in [5.74, 6) is -0.190. The first-order chi connectivity index (χ1) is 9.36. The molecule has 1 amide bonds. The molecule has 106 valence electrons. The van der Waals surface area contributed by atoms with Crippen LogP contribution in [0.5, 0.6) is 0 Å². The molecule has 0 aliphatic carbocycles. The number of halogens is 1. The van der Waals surface area contributed by atoms with E-state index >= 15 is 0 Å². The minimum atomic E-state index is -0.645. The molecule has 1 aromatic heterocycles. The smallest absolute Gasteiger partial charge is 0.254 e. The molecule has 1 aromatic carbocycles. The number of carbonyl (C=O) groups is 1. The van der Waals surface area contributed by atoms with Gasteiger partial charge in [-0.05, 0) is 26.0 Å². The molecule has 0 spiro atoms. The van der Waals surface area contributed by atoms with Crippen molar-refractivity contribution in [1.82, 2.24) is 9.88 Å². The number of amides is 1. The van der Waals surface area contributed by atoms with E-state index in [2.05, 4.69) is 4.98 Å². The quantitative estimate of drug-likeness (QED) is 0.885. The first kappa shape index (κ1) is 14.8. The van der Waals surface area contributed by atoms with Crippen molar-refractivity contribution < 1.29 is 9.90 Å². The summed E-state index contributed by atoms with van der Waals surface area (Å²) in [5, 5.41) is 10.4. The molecule has 0 saturated carbocycles. The summed E-state index contributed by atoms with van der Waals surface area (Å²) in [4.78, 5) is 18.4. The van der Waals surface area contributed by atoms with E-state index in [0.29, 0.717) is 11.1 Å². The summed E-state index contributed by atoms with van der Waals surface area (Å²) in [6.45, 7) is 3.48. The minimum Gasteiger partial charge on any atom is -0.394 e. The van der Waals surface area contributed by atoms with Crippen LogP contribution in [-0.4, -0.2) is 40.1 Å². The Labute approximate surface area is 123 Å². The molecule has 4 nitrogen and oxygen atoms in total.